The maximum absolute atomic E-state index is 12.9. The van der Waals surface area contributed by atoms with Crippen molar-refractivity contribution in [1.29, 1.82) is 0 Å². The fourth-order valence-corrected chi connectivity index (χ4v) is 2.40. The summed E-state index contributed by atoms with van der Waals surface area (Å²) in [5.41, 5.74) is -4.13. The van der Waals surface area contributed by atoms with E-state index in [0.29, 0.717) is 22.8 Å². The van der Waals surface area contributed by atoms with Crippen LogP contribution in [0.5, 0.6) is 5.75 Å². The molecule has 0 radical (unpaired) electrons. The van der Waals surface area contributed by atoms with Crippen LogP contribution in [-0.4, -0.2) is 14.7 Å². The SMILES string of the molecule is O=c1[nH]c2ccc(C(F)(F)F)cc2n1-c1cc(C(F)(F)F)ccc1O. The minimum atomic E-state index is -4.75. The molecule has 0 aliphatic carbocycles. The molecular weight excluding hydrogens is 354 g/mol. The number of alkyl halides is 6. The van der Waals surface area contributed by atoms with Crippen LogP contribution in [0, 0.1) is 0 Å². The number of fused-ring (bicyclic) bond motifs is 1. The third-order valence-corrected chi connectivity index (χ3v) is 3.55. The summed E-state index contributed by atoms with van der Waals surface area (Å²) in [7, 11) is 0. The van der Waals surface area contributed by atoms with Gasteiger partial charge in [-0.2, -0.15) is 26.3 Å². The number of aromatic hydroxyl groups is 1. The number of H-pyrrole nitrogens is 1. The average molecular weight is 362 g/mol. The molecule has 132 valence electrons. The van der Waals surface area contributed by atoms with Gasteiger partial charge in [-0.05, 0) is 36.4 Å². The zero-order chi connectivity index (χ0) is 18.6. The average Bonchev–Trinajstić information content (AvgIpc) is 2.80. The molecule has 1 heterocycles. The monoisotopic (exact) mass is 362 g/mol. The molecule has 10 heteroatoms. The number of hydrogen-bond acceptors (Lipinski definition) is 2. The Balaban J connectivity index is 2.32. The number of aromatic nitrogens is 2. The van der Waals surface area contributed by atoms with Gasteiger partial charge in [-0.25, -0.2) is 4.79 Å². The second-order valence-electron chi connectivity index (χ2n) is 5.20. The molecule has 0 fully saturated rings. The summed E-state index contributed by atoms with van der Waals surface area (Å²) in [5, 5.41) is 9.82. The summed E-state index contributed by atoms with van der Waals surface area (Å²) in [6.45, 7) is 0. The molecule has 0 amide bonds. The van der Waals surface area contributed by atoms with Crippen LogP contribution in [-0.2, 0) is 12.4 Å². The van der Waals surface area contributed by atoms with Crippen molar-refractivity contribution in [3.63, 3.8) is 0 Å². The molecule has 4 nitrogen and oxygen atoms in total. The molecule has 0 aliphatic heterocycles. The summed E-state index contributed by atoms with van der Waals surface area (Å²) in [5.74, 6) is -0.687. The van der Waals surface area contributed by atoms with Crippen LogP contribution < -0.4 is 5.69 Å². The number of phenols is 1. The molecule has 0 saturated heterocycles. The van der Waals surface area contributed by atoms with Crippen molar-refractivity contribution in [2.75, 3.05) is 0 Å². The Morgan fingerprint density at radius 3 is 2.04 bits per heavy atom. The summed E-state index contributed by atoms with van der Waals surface area (Å²) >= 11 is 0. The van der Waals surface area contributed by atoms with Crippen molar-refractivity contribution in [3.8, 4) is 11.4 Å². The Kier molecular flexibility index (Phi) is 3.59. The lowest BCUT2D eigenvalue weighted by Crippen LogP contribution is -2.16. The minimum absolute atomic E-state index is 0.0187. The van der Waals surface area contributed by atoms with Gasteiger partial charge in [-0.1, -0.05) is 0 Å². The Bertz CT molecular complexity index is 1010. The second-order valence-corrected chi connectivity index (χ2v) is 5.20. The standard InChI is InChI=1S/C15H8F6N2O2/c16-14(17,18)7-1-3-9-10(5-7)23(13(25)22-9)11-6-8(15(19,20)21)2-4-12(11)24/h1-6,24H,(H,22,25). The van der Waals surface area contributed by atoms with Crippen molar-refractivity contribution < 1.29 is 31.4 Å². The highest BCUT2D eigenvalue weighted by Gasteiger charge is 2.33. The number of hydrogen-bond donors (Lipinski definition) is 2. The predicted molar refractivity (Wildman–Crippen MR) is 75.6 cm³/mol. The van der Waals surface area contributed by atoms with Crippen LogP contribution in [0.3, 0.4) is 0 Å². The van der Waals surface area contributed by atoms with Gasteiger partial charge in [0.05, 0.1) is 27.8 Å². The van der Waals surface area contributed by atoms with Crippen LogP contribution in [0.2, 0.25) is 0 Å². The van der Waals surface area contributed by atoms with E-state index in [1.807, 2.05) is 0 Å². The fourth-order valence-electron chi connectivity index (χ4n) is 2.40. The molecule has 2 N–H and O–H groups in total. The van der Waals surface area contributed by atoms with Crippen LogP contribution in [0.25, 0.3) is 16.7 Å². The number of aromatic amines is 1. The highest BCUT2D eigenvalue weighted by Crippen LogP contribution is 2.35. The van der Waals surface area contributed by atoms with Crippen LogP contribution in [0.15, 0.2) is 41.2 Å². The van der Waals surface area contributed by atoms with Gasteiger partial charge in [-0.3, -0.25) is 4.57 Å². The first-order chi connectivity index (χ1) is 11.5. The highest BCUT2D eigenvalue weighted by molar-refractivity contribution is 5.79. The van der Waals surface area contributed by atoms with E-state index in [4.69, 9.17) is 0 Å². The number of nitrogens with zero attached hydrogens (tertiary/aromatic N) is 1. The molecule has 0 aliphatic rings. The van der Waals surface area contributed by atoms with Gasteiger partial charge in [-0.15, -0.1) is 0 Å². The summed E-state index contributed by atoms with van der Waals surface area (Å²) in [6, 6.07) is 4.14. The van der Waals surface area contributed by atoms with E-state index in [-0.39, 0.29) is 11.0 Å². The molecule has 1 aromatic heterocycles. The second kappa shape index (κ2) is 5.30. The van der Waals surface area contributed by atoms with Crippen molar-refractivity contribution >= 4 is 11.0 Å². The fraction of sp³-hybridized carbons (Fsp3) is 0.133. The lowest BCUT2D eigenvalue weighted by molar-refractivity contribution is -0.138. The van der Waals surface area contributed by atoms with E-state index in [0.717, 1.165) is 18.2 Å². The Labute approximate surface area is 134 Å². The molecular formula is C15H8F6N2O2. The van der Waals surface area contributed by atoms with Gasteiger partial charge < -0.3 is 10.1 Å². The van der Waals surface area contributed by atoms with Gasteiger partial charge >= 0.3 is 18.0 Å². The van der Waals surface area contributed by atoms with Crippen molar-refractivity contribution in [3.05, 3.63) is 58.0 Å². The molecule has 3 aromatic rings. The van der Waals surface area contributed by atoms with E-state index in [2.05, 4.69) is 4.98 Å². The van der Waals surface area contributed by atoms with Gasteiger partial charge in [0.25, 0.3) is 0 Å². The number of nitrogens with one attached hydrogen (secondary N) is 1. The normalized spacial score (nSPS) is 12.7. The van der Waals surface area contributed by atoms with Gasteiger partial charge in [0.2, 0.25) is 0 Å². The zero-order valence-electron chi connectivity index (χ0n) is 12.0. The Morgan fingerprint density at radius 1 is 0.880 bits per heavy atom. The molecule has 0 unspecified atom stereocenters. The van der Waals surface area contributed by atoms with Crippen molar-refractivity contribution in [2.24, 2.45) is 0 Å². The topological polar surface area (TPSA) is 58.0 Å². The van der Waals surface area contributed by atoms with Crippen LogP contribution in [0.1, 0.15) is 11.1 Å². The minimum Gasteiger partial charge on any atom is -0.506 e. The maximum Gasteiger partial charge on any atom is 0.416 e. The smallest absolute Gasteiger partial charge is 0.416 e. The molecule has 25 heavy (non-hydrogen) atoms. The first kappa shape index (κ1) is 16.9. The summed E-state index contributed by atoms with van der Waals surface area (Å²) in [4.78, 5) is 14.3. The first-order valence-corrected chi connectivity index (χ1v) is 6.71. The Morgan fingerprint density at radius 2 is 1.44 bits per heavy atom. The van der Waals surface area contributed by atoms with Gasteiger partial charge in [0, 0.05) is 0 Å². The highest BCUT2D eigenvalue weighted by atomic mass is 19.4. The van der Waals surface area contributed by atoms with Crippen LogP contribution in [0.4, 0.5) is 26.3 Å². The number of benzene rings is 2. The zero-order valence-corrected chi connectivity index (χ0v) is 12.0. The van der Waals surface area contributed by atoms with Gasteiger partial charge in [0.15, 0.2) is 0 Å². The molecule has 0 bridgehead atoms. The first-order valence-electron chi connectivity index (χ1n) is 6.71. The predicted octanol–water partition coefficient (Wildman–Crippen LogP) is 4.06. The van der Waals surface area contributed by atoms with Crippen LogP contribution >= 0.6 is 0 Å². The maximum atomic E-state index is 12.9. The van der Waals surface area contributed by atoms with Crippen molar-refractivity contribution in [1.82, 2.24) is 9.55 Å². The quantitative estimate of drug-likeness (QED) is 0.642. The lowest BCUT2D eigenvalue weighted by atomic mass is 10.1. The molecule has 0 saturated carbocycles. The summed E-state index contributed by atoms with van der Waals surface area (Å²) < 4.78 is 77.7. The van der Waals surface area contributed by atoms with E-state index in [1.54, 1.807) is 0 Å². The molecule has 0 spiro atoms. The summed E-state index contributed by atoms with van der Waals surface area (Å²) in [6.07, 6.45) is -9.46. The number of imidazole rings is 1. The van der Waals surface area contributed by atoms with E-state index in [9.17, 15) is 36.2 Å². The molecule has 0 atom stereocenters. The van der Waals surface area contributed by atoms with E-state index >= 15 is 0 Å². The molecule has 3 rings (SSSR count). The largest absolute Gasteiger partial charge is 0.506 e. The van der Waals surface area contributed by atoms with E-state index < -0.39 is 40.6 Å². The number of rotatable bonds is 1. The van der Waals surface area contributed by atoms with Crippen molar-refractivity contribution in [2.45, 2.75) is 12.4 Å². The third-order valence-electron chi connectivity index (χ3n) is 3.55. The number of halogens is 6. The lowest BCUT2D eigenvalue weighted by Gasteiger charge is -2.12. The van der Waals surface area contributed by atoms with E-state index in [1.165, 1.54) is 0 Å². The number of phenolic OH excluding ortho intramolecular Hbond substituents is 1. The van der Waals surface area contributed by atoms with Gasteiger partial charge in [0.1, 0.15) is 5.75 Å². The Hall–Kier alpha value is -2.91. The molecule has 2 aromatic carbocycles. The third kappa shape index (κ3) is 2.94.